The van der Waals surface area contributed by atoms with Gasteiger partial charge in [0.05, 0.1) is 31.4 Å². The zero-order chi connectivity index (χ0) is 41.5. The van der Waals surface area contributed by atoms with Crippen LogP contribution in [0.3, 0.4) is 0 Å². The molecule has 0 aliphatic rings. The van der Waals surface area contributed by atoms with Crippen LogP contribution in [0.1, 0.15) is 54.5 Å². The van der Waals surface area contributed by atoms with Crippen molar-refractivity contribution < 1.29 is 9.47 Å². The summed E-state index contributed by atoms with van der Waals surface area (Å²) in [7, 11) is 0. The van der Waals surface area contributed by atoms with E-state index in [9.17, 15) is 5.26 Å². The van der Waals surface area contributed by atoms with Crippen LogP contribution < -0.4 is 19.3 Å². The first-order valence-corrected chi connectivity index (χ1v) is 20.2. The summed E-state index contributed by atoms with van der Waals surface area (Å²) in [6.45, 7) is 13.5. The SMILES string of the molecule is [C-]#[N+]c1cc(C=Cc2ccc(N(c3ccccc3)c3ccc(OCCC)cc3)cc2)c(C#N)cc1C=Cc1ccc(N(c2ccccc2)c2ccc(OCCC)cc2)cc1. The van der Waals surface area contributed by atoms with E-state index < -0.39 is 0 Å². The van der Waals surface area contributed by atoms with Gasteiger partial charge in [-0.3, -0.25) is 0 Å². The second-order valence-corrected chi connectivity index (χ2v) is 14.1. The van der Waals surface area contributed by atoms with Gasteiger partial charge >= 0.3 is 0 Å². The predicted octanol–water partition coefficient (Wildman–Crippen LogP) is 15.0. The van der Waals surface area contributed by atoms with Crippen molar-refractivity contribution in [1.29, 1.82) is 5.26 Å². The van der Waals surface area contributed by atoms with Crippen LogP contribution in [-0.2, 0) is 0 Å². The molecule has 0 saturated heterocycles. The van der Waals surface area contributed by atoms with E-state index in [1.807, 2.05) is 85.0 Å². The third-order valence-corrected chi connectivity index (χ3v) is 9.82. The third-order valence-electron chi connectivity index (χ3n) is 9.82. The molecular weight excluding hydrogens is 737 g/mol. The topological polar surface area (TPSA) is 53.1 Å². The van der Waals surface area contributed by atoms with Crippen LogP contribution in [0.2, 0.25) is 0 Å². The second-order valence-electron chi connectivity index (χ2n) is 14.1. The van der Waals surface area contributed by atoms with Gasteiger partial charge in [-0.15, -0.1) is 0 Å². The van der Waals surface area contributed by atoms with Gasteiger partial charge in [-0.05, 0) is 144 Å². The van der Waals surface area contributed by atoms with E-state index in [4.69, 9.17) is 16.0 Å². The van der Waals surface area contributed by atoms with E-state index in [0.717, 1.165) is 69.6 Å². The summed E-state index contributed by atoms with van der Waals surface area (Å²) >= 11 is 0. The van der Waals surface area contributed by atoms with Gasteiger partial charge in [-0.25, -0.2) is 4.85 Å². The van der Waals surface area contributed by atoms with Crippen molar-refractivity contribution in [2.24, 2.45) is 0 Å². The summed E-state index contributed by atoms with van der Waals surface area (Å²) in [6.07, 6.45) is 9.68. The summed E-state index contributed by atoms with van der Waals surface area (Å²) in [5, 5.41) is 10.2. The Morgan fingerprint density at radius 2 is 0.883 bits per heavy atom. The fourth-order valence-electron chi connectivity index (χ4n) is 6.80. The van der Waals surface area contributed by atoms with E-state index >= 15 is 0 Å². The molecule has 60 heavy (non-hydrogen) atoms. The van der Waals surface area contributed by atoms with E-state index in [1.54, 1.807) is 12.1 Å². The Labute approximate surface area is 354 Å². The molecule has 6 heteroatoms. The average Bonchev–Trinajstić information content (AvgIpc) is 3.31. The first kappa shape index (κ1) is 40.4. The van der Waals surface area contributed by atoms with Crippen molar-refractivity contribution in [2.75, 3.05) is 23.0 Å². The van der Waals surface area contributed by atoms with Crippen LogP contribution in [0.25, 0.3) is 29.1 Å². The van der Waals surface area contributed by atoms with Crippen LogP contribution in [0.15, 0.2) is 170 Å². The highest BCUT2D eigenvalue weighted by Crippen LogP contribution is 2.37. The molecule has 0 N–H and O–H groups in total. The summed E-state index contributed by atoms with van der Waals surface area (Å²) in [5.74, 6) is 1.70. The van der Waals surface area contributed by atoms with Crippen molar-refractivity contribution in [3.05, 3.63) is 209 Å². The maximum absolute atomic E-state index is 10.2. The normalized spacial score (nSPS) is 10.9. The fraction of sp³-hybridized carbons (Fsp3) is 0.111. The zero-order valence-corrected chi connectivity index (χ0v) is 33.9. The highest BCUT2D eigenvalue weighted by molar-refractivity contribution is 5.84. The Morgan fingerprint density at radius 3 is 1.27 bits per heavy atom. The molecular formula is C54H46N4O2. The number of nitriles is 1. The number of nitrogens with zero attached hydrogens (tertiary/aromatic N) is 4. The average molecular weight is 783 g/mol. The first-order chi connectivity index (χ1) is 29.6. The van der Waals surface area contributed by atoms with Crippen LogP contribution in [0, 0.1) is 17.9 Å². The Kier molecular flexibility index (Phi) is 13.5. The zero-order valence-electron chi connectivity index (χ0n) is 33.9. The molecule has 0 radical (unpaired) electrons. The Bertz CT molecular complexity index is 2420. The number of benzene rings is 7. The lowest BCUT2D eigenvalue weighted by atomic mass is 10.0. The summed E-state index contributed by atoms with van der Waals surface area (Å²) in [4.78, 5) is 8.25. The Morgan fingerprint density at radius 1 is 0.500 bits per heavy atom. The highest BCUT2D eigenvalue weighted by Gasteiger charge is 2.14. The molecule has 7 rings (SSSR count). The highest BCUT2D eigenvalue weighted by atomic mass is 16.5. The molecule has 0 spiro atoms. The summed E-state index contributed by atoms with van der Waals surface area (Å²) < 4.78 is 11.6. The molecule has 0 saturated carbocycles. The molecule has 0 fully saturated rings. The maximum atomic E-state index is 10.2. The molecule has 0 amide bonds. The smallest absolute Gasteiger partial charge is 0.194 e. The van der Waals surface area contributed by atoms with Gasteiger partial charge in [0.15, 0.2) is 5.69 Å². The number of anilines is 6. The van der Waals surface area contributed by atoms with Gasteiger partial charge in [-0.2, -0.15) is 5.26 Å². The van der Waals surface area contributed by atoms with Crippen molar-refractivity contribution in [3.8, 4) is 17.6 Å². The number of ether oxygens (including phenoxy) is 2. The number of para-hydroxylation sites is 2. The van der Waals surface area contributed by atoms with Crippen molar-refractivity contribution in [3.63, 3.8) is 0 Å². The molecule has 294 valence electrons. The van der Waals surface area contributed by atoms with Crippen LogP contribution >= 0.6 is 0 Å². The van der Waals surface area contributed by atoms with E-state index in [0.29, 0.717) is 35.6 Å². The molecule has 0 aliphatic carbocycles. The first-order valence-electron chi connectivity index (χ1n) is 20.2. The molecule has 0 atom stereocenters. The van der Waals surface area contributed by atoms with E-state index in [-0.39, 0.29) is 0 Å². The number of hydrogen-bond donors (Lipinski definition) is 0. The fourth-order valence-corrected chi connectivity index (χ4v) is 6.80. The van der Waals surface area contributed by atoms with Gasteiger partial charge in [0.1, 0.15) is 11.5 Å². The lowest BCUT2D eigenvalue weighted by Gasteiger charge is -2.25. The molecule has 0 unspecified atom stereocenters. The maximum Gasteiger partial charge on any atom is 0.194 e. The standard InChI is InChI=1S/C54H46N4O2/c1-4-36-59-52-32-28-50(29-33-52)57(46-12-8-6-9-13-46)48-24-18-41(19-25-48)16-22-43-39-54(56-3)44(38-45(43)40-55)23-17-42-20-26-49(27-21-42)58(47-14-10-7-11-15-47)51-30-34-53(35-31-51)60-37-5-2/h6-35,38-39H,4-5,36-37H2,1-2H3. The van der Waals surface area contributed by atoms with Crippen LogP contribution in [-0.4, -0.2) is 13.2 Å². The lowest BCUT2D eigenvalue weighted by Crippen LogP contribution is -2.09. The molecule has 0 aromatic heterocycles. The van der Waals surface area contributed by atoms with Crippen molar-refractivity contribution in [2.45, 2.75) is 26.7 Å². The number of rotatable bonds is 16. The third kappa shape index (κ3) is 10.0. The lowest BCUT2D eigenvalue weighted by molar-refractivity contribution is 0.317. The van der Waals surface area contributed by atoms with Crippen molar-refractivity contribution >= 4 is 64.1 Å². The van der Waals surface area contributed by atoms with Crippen molar-refractivity contribution in [1.82, 2.24) is 0 Å². The molecule has 0 heterocycles. The predicted molar refractivity (Wildman–Crippen MR) is 249 cm³/mol. The largest absolute Gasteiger partial charge is 0.494 e. The molecule has 6 nitrogen and oxygen atoms in total. The van der Waals surface area contributed by atoms with Gasteiger partial charge in [0.25, 0.3) is 0 Å². The Hall–Kier alpha value is -7.80. The van der Waals surface area contributed by atoms with Crippen LogP contribution in [0.5, 0.6) is 11.5 Å². The summed E-state index contributed by atoms with van der Waals surface area (Å²) in [5.41, 5.74) is 10.5. The minimum absolute atomic E-state index is 0.475. The minimum atomic E-state index is 0.475. The van der Waals surface area contributed by atoms with Gasteiger partial charge in [0.2, 0.25) is 0 Å². The molecule has 0 aliphatic heterocycles. The molecule has 7 aromatic carbocycles. The second kappa shape index (κ2) is 20.1. The quantitative estimate of drug-likeness (QED) is 0.0722. The van der Waals surface area contributed by atoms with Gasteiger partial charge < -0.3 is 19.3 Å². The minimum Gasteiger partial charge on any atom is -0.494 e. The monoisotopic (exact) mass is 782 g/mol. The van der Waals surface area contributed by atoms with Crippen LogP contribution in [0.4, 0.5) is 39.8 Å². The van der Waals surface area contributed by atoms with Gasteiger partial charge in [-0.1, -0.05) is 98.8 Å². The van der Waals surface area contributed by atoms with E-state index in [2.05, 4.69) is 132 Å². The van der Waals surface area contributed by atoms with E-state index in [1.165, 1.54) is 0 Å². The van der Waals surface area contributed by atoms with Gasteiger partial charge in [0, 0.05) is 34.1 Å². The molecule has 7 aromatic rings. The molecule has 0 bridgehead atoms. The Balaban J connectivity index is 1.08. The summed E-state index contributed by atoms with van der Waals surface area (Å²) in [6, 6.07) is 59.4. The number of hydrogen-bond acceptors (Lipinski definition) is 5.